The van der Waals surface area contributed by atoms with Crippen molar-refractivity contribution in [1.29, 1.82) is 0 Å². The summed E-state index contributed by atoms with van der Waals surface area (Å²) in [5.41, 5.74) is 1.40. The van der Waals surface area contributed by atoms with Crippen molar-refractivity contribution in [3.8, 4) is 0 Å². The van der Waals surface area contributed by atoms with Gasteiger partial charge in [-0.3, -0.25) is 14.7 Å². The predicted octanol–water partition coefficient (Wildman–Crippen LogP) is 3.92. The number of hydrogen-bond acceptors (Lipinski definition) is 4. The lowest BCUT2D eigenvalue weighted by molar-refractivity contribution is -0.117. The summed E-state index contributed by atoms with van der Waals surface area (Å²) in [6.07, 6.45) is 13.3. The minimum Gasteiger partial charge on any atom is -0.347 e. The number of Topliss-reactive ketones (excluding diaryl/α,β-unsaturated/α-hetero) is 1. The third-order valence-electron chi connectivity index (χ3n) is 4.02. The molecule has 0 aromatic carbocycles. The molecule has 30 heavy (non-hydrogen) atoms. The molecule has 0 radical (unpaired) electrons. The lowest BCUT2D eigenvalue weighted by Crippen LogP contribution is -2.42. The maximum atomic E-state index is 12.3. The number of rotatable bonds is 10. The van der Waals surface area contributed by atoms with Gasteiger partial charge in [-0.05, 0) is 63.6 Å². The molecule has 1 aromatic heterocycles. The van der Waals surface area contributed by atoms with E-state index >= 15 is 0 Å². The highest BCUT2D eigenvalue weighted by Crippen LogP contribution is 2.13. The number of carbonyl (C=O) groups excluding carboxylic acids is 2. The Balaban J connectivity index is 2.90. The van der Waals surface area contributed by atoms with Crippen LogP contribution in [0.5, 0.6) is 0 Å². The molecule has 1 amide bonds. The Hall–Kier alpha value is -3.25. The van der Waals surface area contributed by atoms with Crippen LogP contribution in [0, 0.1) is 0 Å². The van der Waals surface area contributed by atoms with Gasteiger partial charge in [-0.1, -0.05) is 43.0 Å². The number of aromatic nitrogens is 2. The monoisotopic (exact) mass is 408 g/mol. The number of allylic oxidation sites excluding steroid dienone is 5. The lowest BCUT2D eigenvalue weighted by Gasteiger charge is -2.23. The molecule has 0 saturated carbocycles. The van der Waals surface area contributed by atoms with E-state index in [4.69, 9.17) is 0 Å². The molecule has 0 fully saturated rings. The van der Waals surface area contributed by atoms with Crippen LogP contribution in [0.3, 0.4) is 0 Å². The third kappa shape index (κ3) is 9.80. The largest absolute Gasteiger partial charge is 0.347 e. The van der Waals surface area contributed by atoms with Crippen molar-refractivity contribution in [3.63, 3.8) is 0 Å². The molecule has 1 heterocycles. The van der Waals surface area contributed by atoms with E-state index in [2.05, 4.69) is 27.4 Å². The lowest BCUT2D eigenvalue weighted by atomic mass is 10.00. The molecule has 0 bridgehead atoms. The molecule has 0 aliphatic carbocycles. The average molecular weight is 409 g/mol. The van der Waals surface area contributed by atoms with Gasteiger partial charge in [0.2, 0.25) is 5.91 Å². The Morgan fingerprint density at radius 3 is 2.67 bits per heavy atom. The molecule has 0 aliphatic rings. The summed E-state index contributed by atoms with van der Waals surface area (Å²) < 4.78 is 0. The van der Waals surface area contributed by atoms with Crippen LogP contribution in [0.15, 0.2) is 73.5 Å². The van der Waals surface area contributed by atoms with Gasteiger partial charge >= 0.3 is 0 Å². The standard InChI is InChI=1S/C24H32N4O2/c1-6-7-8-9-16-24(3,4)27-23(30)15-12-19(2)20-11-10-17-26-28-21(14-13-20)22(29)18-25-5/h6-15,17,25,28H,2,16,18H2,1,3-5H3,(H,27,30)/b7-6-,9-8-,11-10?,15-12+,20-13?,21-14?,26-17?. The number of hydrogen-bond donors (Lipinski definition) is 3. The molecular formula is C24H32N4O2. The highest BCUT2D eigenvalue weighted by molar-refractivity contribution is 5.95. The number of nitrogens with one attached hydrogen (secondary N) is 3. The molecule has 1 rings (SSSR count). The summed E-state index contributed by atoms with van der Waals surface area (Å²) in [6.45, 7) is 10.1. The molecule has 6 nitrogen and oxygen atoms in total. The molecule has 0 spiro atoms. The molecule has 0 aliphatic heterocycles. The summed E-state index contributed by atoms with van der Waals surface area (Å²) in [6, 6.07) is 6.97. The van der Waals surface area contributed by atoms with Crippen LogP contribution in [-0.2, 0) is 4.79 Å². The second-order valence-corrected chi connectivity index (χ2v) is 7.29. The third-order valence-corrected chi connectivity index (χ3v) is 4.02. The van der Waals surface area contributed by atoms with E-state index < -0.39 is 0 Å². The average Bonchev–Trinajstić information content (AvgIpc) is 2.81. The number of ketones is 1. The molecule has 160 valence electrons. The van der Waals surface area contributed by atoms with Crippen molar-refractivity contribution in [2.75, 3.05) is 13.6 Å². The summed E-state index contributed by atoms with van der Waals surface area (Å²) >= 11 is 0. The van der Waals surface area contributed by atoms with E-state index in [1.807, 2.05) is 51.1 Å². The highest BCUT2D eigenvalue weighted by Gasteiger charge is 2.17. The Morgan fingerprint density at radius 2 is 1.97 bits per heavy atom. The predicted molar refractivity (Wildman–Crippen MR) is 123 cm³/mol. The van der Waals surface area contributed by atoms with Gasteiger partial charge in [-0.25, -0.2) is 0 Å². The first kappa shape index (κ1) is 24.8. The van der Waals surface area contributed by atoms with Crippen LogP contribution in [0.1, 0.15) is 43.2 Å². The smallest absolute Gasteiger partial charge is 0.244 e. The first-order valence-corrected chi connectivity index (χ1v) is 9.82. The second kappa shape index (κ2) is 13.1. The Kier molecular flexibility index (Phi) is 10.8. The summed E-state index contributed by atoms with van der Waals surface area (Å²) in [4.78, 5) is 24.4. The van der Waals surface area contributed by atoms with Crippen LogP contribution in [0.25, 0.3) is 5.57 Å². The Labute approximate surface area is 179 Å². The molecule has 0 atom stereocenters. The summed E-state index contributed by atoms with van der Waals surface area (Å²) in [5, 5.41) is 12.5. The van der Waals surface area contributed by atoms with E-state index in [0.29, 0.717) is 17.7 Å². The van der Waals surface area contributed by atoms with Crippen LogP contribution >= 0.6 is 0 Å². The second-order valence-electron chi connectivity index (χ2n) is 7.29. The Morgan fingerprint density at radius 1 is 1.20 bits per heavy atom. The zero-order chi connectivity index (χ0) is 22.4. The summed E-state index contributed by atoms with van der Waals surface area (Å²) in [5.74, 6) is -0.310. The number of likely N-dealkylation sites (N-methyl/N-ethyl adjacent to an activating group) is 1. The molecule has 0 saturated heterocycles. The first-order chi connectivity index (χ1) is 14.3. The molecule has 3 N–H and O–H groups in total. The minimum absolute atomic E-state index is 0.113. The number of nitrogens with zero attached hydrogens (tertiary/aromatic N) is 1. The maximum absolute atomic E-state index is 12.3. The van der Waals surface area contributed by atoms with Gasteiger partial charge in [0.05, 0.1) is 6.54 Å². The van der Waals surface area contributed by atoms with Gasteiger partial charge in [-0.15, -0.1) is 0 Å². The topological polar surface area (TPSA) is 86.9 Å². The maximum Gasteiger partial charge on any atom is 0.244 e. The van der Waals surface area contributed by atoms with Crippen LogP contribution in [-0.4, -0.2) is 41.0 Å². The number of carbonyl (C=O) groups is 2. The highest BCUT2D eigenvalue weighted by atomic mass is 16.1. The van der Waals surface area contributed by atoms with Gasteiger partial charge in [0.25, 0.3) is 0 Å². The zero-order valence-corrected chi connectivity index (χ0v) is 18.2. The summed E-state index contributed by atoms with van der Waals surface area (Å²) in [7, 11) is 1.71. The zero-order valence-electron chi connectivity index (χ0n) is 18.2. The van der Waals surface area contributed by atoms with E-state index in [0.717, 1.165) is 5.56 Å². The van der Waals surface area contributed by atoms with Gasteiger partial charge in [-0.2, -0.15) is 5.10 Å². The fourth-order valence-electron chi connectivity index (χ4n) is 2.44. The van der Waals surface area contributed by atoms with Crippen molar-refractivity contribution in [3.05, 3.63) is 84.8 Å². The molecule has 1 aromatic rings. The van der Waals surface area contributed by atoms with E-state index in [1.165, 1.54) is 6.08 Å². The molecular weight excluding hydrogens is 376 g/mol. The quantitative estimate of drug-likeness (QED) is 0.311. The van der Waals surface area contributed by atoms with Gasteiger partial charge in [0.15, 0.2) is 5.78 Å². The van der Waals surface area contributed by atoms with Crippen LogP contribution < -0.4 is 10.6 Å². The van der Waals surface area contributed by atoms with Gasteiger partial charge in [0.1, 0.15) is 5.69 Å². The van der Waals surface area contributed by atoms with Crippen molar-refractivity contribution in [2.24, 2.45) is 0 Å². The first-order valence-electron chi connectivity index (χ1n) is 9.82. The number of aromatic amines is 1. The SMILES string of the molecule is C=C(/C=C/C(=O)NC(C)(C)C/C=C\C=C/C)c1cccn[nH]c(C(=O)CNC)cc1. The molecule has 6 heteroatoms. The number of amides is 1. The Bertz CT molecular complexity index is 875. The van der Waals surface area contributed by atoms with Crippen molar-refractivity contribution >= 4 is 17.3 Å². The normalized spacial score (nSPS) is 11.7. The van der Waals surface area contributed by atoms with Crippen molar-refractivity contribution in [1.82, 2.24) is 20.8 Å². The van der Waals surface area contributed by atoms with Crippen LogP contribution in [0.4, 0.5) is 0 Å². The minimum atomic E-state index is -0.369. The van der Waals surface area contributed by atoms with Crippen molar-refractivity contribution < 1.29 is 9.59 Å². The van der Waals surface area contributed by atoms with Gasteiger partial charge in [0, 0.05) is 17.8 Å². The fourth-order valence-corrected chi connectivity index (χ4v) is 2.44. The number of H-pyrrole nitrogens is 1. The van der Waals surface area contributed by atoms with E-state index in [-0.39, 0.29) is 23.8 Å². The molecule has 0 unspecified atom stereocenters. The fraction of sp³-hybridized carbons (Fsp3) is 0.292. The van der Waals surface area contributed by atoms with Gasteiger partial charge < -0.3 is 10.6 Å². The van der Waals surface area contributed by atoms with Crippen molar-refractivity contribution in [2.45, 2.75) is 32.7 Å². The van der Waals surface area contributed by atoms with E-state index in [1.54, 1.807) is 37.5 Å². The van der Waals surface area contributed by atoms with Crippen LogP contribution in [0.2, 0.25) is 0 Å². The van der Waals surface area contributed by atoms with E-state index in [9.17, 15) is 9.59 Å².